The molecule has 0 aliphatic heterocycles. The van der Waals surface area contributed by atoms with Crippen molar-refractivity contribution < 1.29 is 0 Å². The molecule has 2 heterocycles. The van der Waals surface area contributed by atoms with Crippen molar-refractivity contribution in [3.8, 4) is 0 Å². The van der Waals surface area contributed by atoms with Crippen LogP contribution in [-0.4, -0.2) is 31.5 Å². The number of rotatable bonds is 4. The van der Waals surface area contributed by atoms with Crippen molar-refractivity contribution >= 4 is 16.9 Å². The van der Waals surface area contributed by atoms with Gasteiger partial charge in [0.25, 0.3) is 0 Å². The Kier molecular flexibility index (Phi) is 2.83. The quantitative estimate of drug-likeness (QED) is 0.745. The topological polar surface area (TPSA) is 68.5 Å². The van der Waals surface area contributed by atoms with Gasteiger partial charge in [0.05, 0.1) is 18.3 Å². The van der Waals surface area contributed by atoms with Gasteiger partial charge in [0.15, 0.2) is 0 Å². The van der Waals surface area contributed by atoms with Crippen LogP contribution in [0.15, 0.2) is 42.9 Å². The summed E-state index contributed by atoms with van der Waals surface area (Å²) in [6.07, 6.45) is 5.30. The fourth-order valence-corrected chi connectivity index (χ4v) is 1.69. The lowest BCUT2D eigenvalue weighted by Gasteiger charge is -2.05. The molecular weight excluding hydrogens is 228 g/mol. The molecular formula is C12H12N6. The van der Waals surface area contributed by atoms with E-state index in [1.807, 2.05) is 36.7 Å². The SMILES string of the molecule is c1ccc2nc(NCCn3ccnn3)ncc2c1. The Bertz CT molecular complexity index is 634. The number of nitrogens with one attached hydrogen (secondary N) is 1. The zero-order valence-corrected chi connectivity index (χ0v) is 9.69. The van der Waals surface area contributed by atoms with Gasteiger partial charge in [0.1, 0.15) is 0 Å². The molecule has 0 spiro atoms. The van der Waals surface area contributed by atoms with Gasteiger partial charge in [0, 0.05) is 24.3 Å². The lowest BCUT2D eigenvalue weighted by Crippen LogP contribution is -2.12. The number of hydrogen-bond acceptors (Lipinski definition) is 5. The summed E-state index contributed by atoms with van der Waals surface area (Å²) < 4.78 is 1.76. The first-order valence-electron chi connectivity index (χ1n) is 5.71. The van der Waals surface area contributed by atoms with Crippen LogP contribution in [0.1, 0.15) is 0 Å². The van der Waals surface area contributed by atoms with E-state index in [9.17, 15) is 0 Å². The summed E-state index contributed by atoms with van der Waals surface area (Å²) in [6.45, 7) is 1.44. The number of fused-ring (bicyclic) bond motifs is 1. The van der Waals surface area contributed by atoms with Crippen LogP contribution in [0.3, 0.4) is 0 Å². The molecule has 0 saturated heterocycles. The number of benzene rings is 1. The summed E-state index contributed by atoms with van der Waals surface area (Å²) in [5, 5.41) is 11.8. The molecule has 0 unspecified atom stereocenters. The van der Waals surface area contributed by atoms with E-state index >= 15 is 0 Å². The van der Waals surface area contributed by atoms with Gasteiger partial charge < -0.3 is 5.32 Å². The van der Waals surface area contributed by atoms with Crippen molar-refractivity contribution in [1.82, 2.24) is 25.0 Å². The average molecular weight is 240 g/mol. The number of aromatic nitrogens is 5. The zero-order valence-electron chi connectivity index (χ0n) is 9.69. The summed E-state index contributed by atoms with van der Waals surface area (Å²) in [6, 6.07) is 7.91. The lowest BCUT2D eigenvalue weighted by molar-refractivity contribution is 0.607. The van der Waals surface area contributed by atoms with Crippen molar-refractivity contribution in [3.63, 3.8) is 0 Å². The van der Waals surface area contributed by atoms with Crippen LogP contribution in [0.5, 0.6) is 0 Å². The van der Waals surface area contributed by atoms with E-state index in [-0.39, 0.29) is 0 Å². The first-order chi connectivity index (χ1) is 8.92. The van der Waals surface area contributed by atoms with Crippen molar-refractivity contribution in [3.05, 3.63) is 42.9 Å². The van der Waals surface area contributed by atoms with E-state index in [1.54, 1.807) is 10.9 Å². The van der Waals surface area contributed by atoms with Gasteiger partial charge in [0.2, 0.25) is 5.95 Å². The Morgan fingerprint density at radius 2 is 2.17 bits per heavy atom. The first-order valence-corrected chi connectivity index (χ1v) is 5.71. The molecule has 1 aromatic carbocycles. The van der Waals surface area contributed by atoms with Crippen LogP contribution in [0, 0.1) is 0 Å². The van der Waals surface area contributed by atoms with Crippen LogP contribution >= 0.6 is 0 Å². The Morgan fingerprint density at radius 1 is 1.22 bits per heavy atom. The van der Waals surface area contributed by atoms with E-state index in [0.717, 1.165) is 17.4 Å². The number of nitrogens with zero attached hydrogens (tertiary/aromatic N) is 5. The molecule has 0 aliphatic rings. The average Bonchev–Trinajstić information content (AvgIpc) is 2.92. The van der Waals surface area contributed by atoms with Gasteiger partial charge in [-0.3, -0.25) is 4.68 Å². The summed E-state index contributed by atoms with van der Waals surface area (Å²) in [7, 11) is 0. The third-order valence-corrected chi connectivity index (χ3v) is 2.58. The van der Waals surface area contributed by atoms with Gasteiger partial charge in [-0.2, -0.15) is 0 Å². The minimum atomic E-state index is 0.633. The molecule has 18 heavy (non-hydrogen) atoms. The molecule has 0 aliphatic carbocycles. The third-order valence-electron chi connectivity index (χ3n) is 2.58. The summed E-state index contributed by atoms with van der Waals surface area (Å²) in [4.78, 5) is 8.68. The summed E-state index contributed by atoms with van der Waals surface area (Å²) >= 11 is 0. The number of para-hydroxylation sites is 1. The van der Waals surface area contributed by atoms with E-state index in [2.05, 4.69) is 25.6 Å². The smallest absolute Gasteiger partial charge is 0.223 e. The Hall–Kier alpha value is -2.50. The van der Waals surface area contributed by atoms with Gasteiger partial charge in [-0.1, -0.05) is 23.4 Å². The highest BCUT2D eigenvalue weighted by Crippen LogP contribution is 2.11. The van der Waals surface area contributed by atoms with Crippen LogP contribution in [-0.2, 0) is 6.54 Å². The maximum absolute atomic E-state index is 4.43. The molecule has 90 valence electrons. The van der Waals surface area contributed by atoms with E-state index in [4.69, 9.17) is 0 Å². The minimum absolute atomic E-state index is 0.633. The predicted molar refractivity (Wildman–Crippen MR) is 68.0 cm³/mol. The van der Waals surface area contributed by atoms with Gasteiger partial charge >= 0.3 is 0 Å². The van der Waals surface area contributed by atoms with Gasteiger partial charge in [-0.05, 0) is 6.07 Å². The molecule has 0 amide bonds. The molecule has 0 fully saturated rings. The van der Waals surface area contributed by atoms with Gasteiger partial charge in [-0.15, -0.1) is 5.10 Å². The molecule has 3 rings (SSSR count). The largest absolute Gasteiger partial charge is 0.352 e. The Labute approximate surface area is 104 Å². The molecule has 2 aromatic heterocycles. The predicted octanol–water partition coefficient (Wildman–Crippen LogP) is 1.33. The second-order valence-corrected chi connectivity index (χ2v) is 3.85. The fourth-order valence-electron chi connectivity index (χ4n) is 1.69. The van der Waals surface area contributed by atoms with E-state index < -0.39 is 0 Å². The number of hydrogen-bond donors (Lipinski definition) is 1. The highest BCUT2D eigenvalue weighted by atomic mass is 15.4. The summed E-state index contributed by atoms with van der Waals surface area (Å²) in [5.41, 5.74) is 0.941. The van der Waals surface area contributed by atoms with E-state index in [0.29, 0.717) is 12.5 Å². The molecule has 6 nitrogen and oxygen atoms in total. The standard InChI is InChI=1S/C12H12N6/c1-2-4-11-10(3-1)9-14-12(16-11)13-5-7-18-8-6-15-17-18/h1-4,6,8-9H,5,7H2,(H,13,14,16). The highest BCUT2D eigenvalue weighted by Gasteiger charge is 1.98. The van der Waals surface area contributed by atoms with Crippen LogP contribution < -0.4 is 5.32 Å². The van der Waals surface area contributed by atoms with Crippen molar-refractivity contribution in [2.24, 2.45) is 0 Å². The molecule has 0 bridgehead atoms. The summed E-state index contributed by atoms with van der Waals surface area (Å²) in [5.74, 6) is 0.633. The maximum Gasteiger partial charge on any atom is 0.223 e. The molecule has 0 radical (unpaired) electrons. The normalized spacial score (nSPS) is 10.7. The number of anilines is 1. The van der Waals surface area contributed by atoms with Crippen LogP contribution in [0.25, 0.3) is 10.9 Å². The second kappa shape index (κ2) is 4.79. The second-order valence-electron chi connectivity index (χ2n) is 3.85. The van der Waals surface area contributed by atoms with E-state index in [1.165, 1.54) is 0 Å². The maximum atomic E-state index is 4.43. The first kappa shape index (κ1) is 10.6. The molecule has 0 saturated carbocycles. The third kappa shape index (κ3) is 2.27. The van der Waals surface area contributed by atoms with Crippen molar-refractivity contribution in [1.29, 1.82) is 0 Å². The molecule has 6 heteroatoms. The lowest BCUT2D eigenvalue weighted by atomic mass is 10.2. The minimum Gasteiger partial charge on any atom is -0.352 e. The Morgan fingerprint density at radius 3 is 3.06 bits per heavy atom. The highest BCUT2D eigenvalue weighted by molar-refractivity contribution is 5.78. The molecule has 1 N–H and O–H groups in total. The zero-order chi connectivity index (χ0) is 12.2. The van der Waals surface area contributed by atoms with Gasteiger partial charge in [-0.25, -0.2) is 9.97 Å². The van der Waals surface area contributed by atoms with Crippen LogP contribution in [0.2, 0.25) is 0 Å². The Balaban J connectivity index is 1.67. The molecule has 0 atom stereocenters. The van der Waals surface area contributed by atoms with Crippen molar-refractivity contribution in [2.75, 3.05) is 11.9 Å². The van der Waals surface area contributed by atoms with Crippen molar-refractivity contribution in [2.45, 2.75) is 6.54 Å². The molecule has 3 aromatic rings. The monoisotopic (exact) mass is 240 g/mol. The fraction of sp³-hybridized carbons (Fsp3) is 0.167. The van der Waals surface area contributed by atoms with Crippen LogP contribution in [0.4, 0.5) is 5.95 Å².